The zero-order valence-corrected chi connectivity index (χ0v) is 16.0. The summed E-state index contributed by atoms with van der Waals surface area (Å²) in [5.41, 5.74) is 3.10. The zero-order valence-electron chi connectivity index (χ0n) is 16.0. The number of anilines is 2. The monoisotopic (exact) mass is 378 g/mol. The molecule has 0 aliphatic carbocycles. The Morgan fingerprint density at radius 3 is 2.54 bits per heavy atom. The third-order valence-electron chi connectivity index (χ3n) is 4.12. The number of carbonyl (C=O) groups is 1. The summed E-state index contributed by atoms with van der Waals surface area (Å²) in [7, 11) is 3.16. The molecular weight excluding hydrogens is 356 g/mol. The van der Waals surface area contributed by atoms with Gasteiger partial charge < -0.3 is 20.1 Å². The van der Waals surface area contributed by atoms with E-state index in [2.05, 4.69) is 20.6 Å². The molecule has 1 amide bonds. The lowest BCUT2D eigenvalue weighted by molar-refractivity contribution is 0.0946. The molecule has 0 atom stereocenters. The van der Waals surface area contributed by atoms with Gasteiger partial charge in [-0.2, -0.15) is 0 Å². The van der Waals surface area contributed by atoms with Gasteiger partial charge in [-0.05, 0) is 30.7 Å². The van der Waals surface area contributed by atoms with Crippen molar-refractivity contribution in [1.29, 1.82) is 0 Å². The van der Waals surface area contributed by atoms with E-state index >= 15 is 0 Å². The van der Waals surface area contributed by atoms with E-state index in [1.807, 2.05) is 31.2 Å². The van der Waals surface area contributed by atoms with Crippen molar-refractivity contribution in [2.24, 2.45) is 0 Å². The van der Waals surface area contributed by atoms with Crippen LogP contribution in [0.4, 0.5) is 11.6 Å². The molecule has 0 radical (unpaired) electrons. The minimum absolute atomic E-state index is 0.270. The summed E-state index contributed by atoms with van der Waals surface area (Å²) in [5.74, 6) is 1.28. The Morgan fingerprint density at radius 2 is 1.82 bits per heavy atom. The van der Waals surface area contributed by atoms with Crippen LogP contribution in [-0.4, -0.2) is 30.1 Å². The smallest absolute Gasteiger partial charge is 0.270 e. The Hall–Kier alpha value is -3.61. The molecule has 1 heterocycles. The average molecular weight is 378 g/mol. The molecule has 0 unspecified atom stereocenters. The number of hydrogen-bond donors (Lipinski definition) is 2. The van der Waals surface area contributed by atoms with Gasteiger partial charge in [0.05, 0.1) is 19.9 Å². The molecule has 3 aromatic rings. The molecule has 0 fully saturated rings. The van der Waals surface area contributed by atoms with Crippen LogP contribution in [0.15, 0.2) is 54.7 Å². The van der Waals surface area contributed by atoms with E-state index in [4.69, 9.17) is 9.47 Å². The van der Waals surface area contributed by atoms with Crippen LogP contribution in [0.5, 0.6) is 11.5 Å². The van der Waals surface area contributed by atoms with Crippen LogP contribution in [0.25, 0.3) is 0 Å². The van der Waals surface area contributed by atoms with E-state index in [0.29, 0.717) is 23.7 Å². The van der Waals surface area contributed by atoms with Gasteiger partial charge >= 0.3 is 0 Å². The second kappa shape index (κ2) is 8.85. The van der Waals surface area contributed by atoms with E-state index in [1.165, 1.54) is 11.8 Å². The summed E-state index contributed by atoms with van der Waals surface area (Å²) >= 11 is 0. The number of nitrogens with one attached hydrogen (secondary N) is 2. The van der Waals surface area contributed by atoms with Crippen molar-refractivity contribution in [3.63, 3.8) is 0 Å². The Labute approximate surface area is 163 Å². The maximum atomic E-state index is 12.4. The molecule has 3 rings (SSSR count). The Morgan fingerprint density at radius 1 is 1.04 bits per heavy atom. The van der Waals surface area contributed by atoms with Crippen LogP contribution >= 0.6 is 0 Å². The normalized spacial score (nSPS) is 10.2. The molecule has 0 aliphatic rings. The van der Waals surface area contributed by atoms with Crippen LogP contribution in [-0.2, 0) is 6.54 Å². The number of hydrogen-bond acceptors (Lipinski definition) is 6. The first kappa shape index (κ1) is 19.2. The number of ether oxygens (including phenoxy) is 2. The lowest BCUT2D eigenvalue weighted by Gasteiger charge is -2.12. The van der Waals surface area contributed by atoms with Crippen molar-refractivity contribution in [3.05, 3.63) is 71.5 Å². The maximum absolute atomic E-state index is 12.4. The molecule has 0 saturated carbocycles. The highest BCUT2D eigenvalue weighted by atomic mass is 16.5. The van der Waals surface area contributed by atoms with Crippen LogP contribution in [0.2, 0.25) is 0 Å². The number of methoxy groups -OCH3 is 2. The molecule has 28 heavy (non-hydrogen) atoms. The van der Waals surface area contributed by atoms with Gasteiger partial charge in [0.25, 0.3) is 5.91 Å². The summed E-state index contributed by atoms with van der Waals surface area (Å²) in [6.45, 7) is 2.45. The van der Waals surface area contributed by atoms with Crippen molar-refractivity contribution in [1.82, 2.24) is 15.3 Å². The molecule has 144 valence electrons. The number of aromatic nitrogens is 2. The third kappa shape index (κ3) is 4.76. The highest BCUT2D eigenvalue weighted by Gasteiger charge is 2.11. The average Bonchev–Trinajstić information content (AvgIpc) is 2.73. The summed E-state index contributed by atoms with van der Waals surface area (Å²) < 4.78 is 10.6. The van der Waals surface area contributed by atoms with Crippen molar-refractivity contribution in [2.75, 3.05) is 19.5 Å². The lowest BCUT2D eigenvalue weighted by atomic mass is 10.1. The Balaban J connectivity index is 1.71. The van der Waals surface area contributed by atoms with Gasteiger partial charge in [-0.25, -0.2) is 9.97 Å². The molecule has 2 N–H and O–H groups in total. The van der Waals surface area contributed by atoms with Gasteiger partial charge in [-0.1, -0.05) is 29.8 Å². The predicted molar refractivity (Wildman–Crippen MR) is 107 cm³/mol. The van der Waals surface area contributed by atoms with Gasteiger partial charge in [-0.3, -0.25) is 4.79 Å². The van der Waals surface area contributed by atoms with E-state index in [-0.39, 0.29) is 17.5 Å². The quantitative estimate of drug-likeness (QED) is 0.655. The first-order valence-electron chi connectivity index (χ1n) is 8.75. The molecule has 7 nitrogen and oxygen atoms in total. The fourth-order valence-electron chi connectivity index (χ4n) is 2.56. The number of carbonyl (C=O) groups excluding carboxylic acids is 1. The van der Waals surface area contributed by atoms with Gasteiger partial charge in [0.15, 0.2) is 0 Å². The fraction of sp³-hybridized carbons (Fsp3) is 0.190. The van der Waals surface area contributed by atoms with E-state index < -0.39 is 0 Å². The van der Waals surface area contributed by atoms with Crippen LogP contribution in [0.3, 0.4) is 0 Å². The summed E-state index contributed by atoms with van der Waals surface area (Å²) in [6, 6.07) is 14.9. The second-order valence-corrected chi connectivity index (χ2v) is 6.12. The van der Waals surface area contributed by atoms with Gasteiger partial charge in [-0.15, -0.1) is 0 Å². The minimum Gasteiger partial charge on any atom is -0.497 e. The van der Waals surface area contributed by atoms with Gasteiger partial charge in [0.1, 0.15) is 17.2 Å². The molecule has 7 heteroatoms. The van der Waals surface area contributed by atoms with E-state index in [0.717, 1.165) is 5.56 Å². The SMILES string of the molecule is COc1ccc(OC)c(Nc2nccc(C(=O)NCc3ccc(C)cc3)n2)c1. The van der Waals surface area contributed by atoms with Crippen LogP contribution < -0.4 is 20.1 Å². The number of aryl methyl sites for hydroxylation is 1. The number of rotatable bonds is 7. The standard InChI is InChI=1S/C21H22N4O3/c1-14-4-6-15(7-5-14)13-23-20(26)17-10-11-22-21(24-17)25-18-12-16(27-2)8-9-19(18)28-3/h4-12H,13H2,1-3H3,(H,23,26)(H,22,24,25). The maximum Gasteiger partial charge on any atom is 0.270 e. The highest BCUT2D eigenvalue weighted by Crippen LogP contribution is 2.30. The first-order chi connectivity index (χ1) is 13.6. The highest BCUT2D eigenvalue weighted by molar-refractivity contribution is 5.92. The molecule has 1 aromatic heterocycles. The van der Waals surface area contributed by atoms with Gasteiger partial charge in [0.2, 0.25) is 5.95 Å². The zero-order chi connectivity index (χ0) is 19.9. The summed E-state index contributed by atoms with van der Waals surface area (Å²) in [4.78, 5) is 20.9. The predicted octanol–water partition coefficient (Wildman–Crippen LogP) is 3.48. The Kier molecular flexibility index (Phi) is 6.06. The molecule has 0 bridgehead atoms. The van der Waals surface area contributed by atoms with Crippen molar-refractivity contribution < 1.29 is 14.3 Å². The van der Waals surface area contributed by atoms with Crippen LogP contribution in [0, 0.1) is 6.92 Å². The van der Waals surface area contributed by atoms with Gasteiger partial charge in [0, 0.05) is 18.8 Å². The first-order valence-corrected chi connectivity index (χ1v) is 8.75. The fourth-order valence-corrected chi connectivity index (χ4v) is 2.56. The van der Waals surface area contributed by atoms with E-state index in [9.17, 15) is 4.79 Å². The number of nitrogens with zero attached hydrogens (tertiary/aromatic N) is 2. The van der Waals surface area contributed by atoms with Crippen molar-refractivity contribution >= 4 is 17.5 Å². The number of benzene rings is 2. The van der Waals surface area contributed by atoms with Crippen molar-refractivity contribution in [2.45, 2.75) is 13.5 Å². The third-order valence-corrected chi connectivity index (χ3v) is 4.12. The minimum atomic E-state index is -0.274. The molecule has 0 spiro atoms. The largest absolute Gasteiger partial charge is 0.497 e. The van der Waals surface area contributed by atoms with Crippen molar-refractivity contribution in [3.8, 4) is 11.5 Å². The summed E-state index contributed by atoms with van der Waals surface area (Å²) in [6.07, 6.45) is 1.53. The van der Waals surface area contributed by atoms with E-state index in [1.54, 1.807) is 38.5 Å². The molecule has 2 aromatic carbocycles. The summed E-state index contributed by atoms with van der Waals surface area (Å²) in [5, 5.41) is 5.93. The number of amides is 1. The lowest BCUT2D eigenvalue weighted by Crippen LogP contribution is -2.24. The topological polar surface area (TPSA) is 85.4 Å². The molecule has 0 saturated heterocycles. The Bertz CT molecular complexity index is 958. The molecule has 0 aliphatic heterocycles. The second-order valence-electron chi connectivity index (χ2n) is 6.12. The molecular formula is C21H22N4O3. The van der Waals surface area contributed by atoms with Crippen LogP contribution in [0.1, 0.15) is 21.6 Å².